The minimum Gasteiger partial charge on any atom is -0.311 e. The Bertz CT molecular complexity index is 3420. The van der Waals surface area contributed by atoms with E-state index in [2.05, 4.69) is 224 Å². The molecule has 0 saturated heterocycles. The monoisotopic (exact) mass is 794 g/mol. The first-order valence-electron chi connectivity index (χ1n) is 21.3. The van der Waals surface area contributed by atoms with Gasteiger partial charge in [0.25, 0.3) is 6.71 Å². The van der Waals surface area contributed by atoms with E-state index in [0.29, 0.717) is 0 Å². The number of fused-ring (bicyclic) bond motifs is 10. The molecule has 0 radical (unpaired) electrons. The minimum atomic E-state index is -0.0365. The van der Waals surface area contributed by atoms with Gasteiger partial charge in [-0.05, 0) is 122 Å². The fourth-order valence-electron chi connectivity index (χ4n) is 10.8. The lowest BCUT2D eigenvalue weighted by atomic mass is 9.33. The van der Waals surface area contributed by atoms with Crippen LogP contribution in [0.25, 0.3) is 53.6 Å². The van der Waals surface area contributed by atoms with Gasteiger partial charge in [-0.25, -0.2) is 0 Å². The molecule has 9 aromatic carbocycles. The van der Waals surface area contributed by atoms with Crippen molar-refractivity contribution in [2.75, 3.05) is 9.80 Å². The zero-order chi connectivity index (χ0) is 40.4. The molecular weight excluding hydrogens is 756 g/mol. The van der Waals surface area contributed by atoms with Crippen LogP contribution in [-0.2, 0) is 5.41 Å². The SMILES string of the molecule is CC1(C)c2ccccc2-c2ccc(-c3ccc(N4c5ccccc5B5c6ccccc6N(c6ccc(-c7cccc8c7sc7ccccc78)cc6)c6cccc4c65)cc3)cc21. The number of hydrogen-bond donors (Lipinski definition) is 0. The Balaban J connectivity index is 0.912. The number of nitrogens with zero attached hydrogens (tertiary/aromatic N) is 2. The van der Waals surface area contributed by atoms with Gasteiger partial charge in [-0.3, -0.25) is 0 Å². The molecule has 61 heavy (non-hydrogen) atoms. The molecule has 2 nitrogen and oxygen atoms in total. The maximum Gasteiger partial charge on any atom is 0.252 e. The molecule has 10 aromatic rings. The third kappa shape index (κ3) is 4.97. The summed E-state index contributed by atoms with van der Waals surface area (Å²) in [5.41, 5.74) is 21.7. The van der Waals surface area contributed by atoms with Gasteiger partial charge in [0.15, 0.2) is 0 Å². The second-order valence-corrected chi connectivity index (χ2v) is 18.3. The number of para-hydroxylation sites is 2. The van der Waals surface area contributed by atoms with E-state index in [1.165, 1.54) is 104 Å². The highest BCUT2D eigenvalue weighted by atomic mass is 32.1. The first kappa shape index (κ1) is 34.7. The van der Waals surface area contributed by atoms with Crippen molar-refractivity contribution in [3.05, 3.63) is 211 Å². The summed E-state index contributed by atoms with van der Waals surface area (Å²) in [7, 11) is 0. The summed E-state index contributed by atoms with van der Waals surface area (Å²) in [6, 6.07) is 74.8. The molecule has 0 fully saturated rings. The number of rotatable bonds is 4. The number of thiophene rings is 1. The van der Waals surface area contributed by atoms with Crippen LogP contribution in [0.2, 0.25) is 0 Å². The van der Waals surface area contributed by atoms with Gasteiger partial charge in [0.1, 0.15) is 0 Å². The molecule has 3 heterocycles. The first-order chi connectivity index (χ1) is 30.0. The van der Waals surface area contributed by atoms with E-state index in [0.717, 1.165) is 11.4 Å². The summed E-state index contributed by atoms with van der Waals surface area (Å²) in [5.74, 6) is 0. The Morgan fingerprint density at radius 2 is 0.934 bits per heavy atom. The van der Waals surface area contributed by atoms with Gasteiger partial charge in [0.05, 0.1) is 0 Å². The summed E-state index contributed by atoms with van der Waals surface area (Å²) < 4.78 is 2.67. The summed E-state index contributed by atoms with van der Waals surface area (Å²) >= 11 is 1.89. The minimum absolute atomic E-state index is 0.0365. The predicted molar refractivity (Wildman–Crippen MR) is 262 cm³/mol. The average Bonchev–Trinajstić information content (AvgIpc) is 3.81. The van der Waals surface area contributed by atoms with E-state index < -0.39 is 0 Å². The highest BCUT2D eigenvalue weighted by molar-refractivity contribution is 7.26. The van der Waals surface area contributed by atoms with Crippen LogP contribution in [0.1, 0.15) is 25.0 Å². The molecule has 0 spiro atoms. The second-order valence-electron chi connectivity index (χ2n) is 17.2. The standard InChI is InChI=1S/C57H39BN2S/c1-57(2)46-17-5-3-13-42(46)43-34-29-38(35-47(43)57)36-25-30-39(31-26-36)59-50-20-8-6-18-48(50)58-49-19-7-9-21-51(49)60(53-23-12-22-52(59)55(53)58)40-32-27-37(28-33-40)41-15-11-16-45-44-14-4-10-24-54(44)61-56(41)45/h3-35H,1-2H3. The topological polar surface area (TPSA) is 6.48 Å². The van der Waals surface area contributed by atoms with Crippen molar-refractivity contribution < 1.29 is 0 Å². The van der Waals surface area contributed by atoms with Crippen LogP contribution in [0.3, 0.4) is 0 Å². The van der Waals surface area contributed by atoms with Gasteiger partial charge in [0.2, 0.25) is 0 Å². The summed E-state index contributed by atoms with van der Waals surface area (Å²) in [5, 5.41) is 2.66. The van der Waals surface area contributed by atoms with Crippen LogP contribution in [0, 0.1) is 0 Å². The molecule has 0 N–H and O–H groups in total. The Morgan fingerprint density at radius 3 is 1.66 bits per heavy atom. The van der Waals surface area contributed by atoms with E-state index >= 15 is 0 Å². The number of hydrogen-bond acceptors (Lipinski definition) is 3. The molecule has 0 saturated carbocycles. The van der Waals surface area contributed by atoms with E-state index in [1.807, 2.05) is 11.3 Å². The van der Waals surface area contributed by atoms with Gasteiger partial charge >= 0.3 is 0 Å². The quantitative estimate of drug-likeness (QED) is 0.164. The van der Waals surface area contributed by atoms with Crippen LogP contribution >= 0.6 is 11.3 Å². The fourth-order valence-corrected chi connectivity index (χ4v) is 12.1. The predicted octanol–water partition coefficient (Wildman–Crippen LogP) is 13.8. The van der Waals surface area contributed by atoms with Gasteiger partial charge in [-0.15, -0.1) is 11.3 Å². The molecule has 13 rings (SSSR count). The largest absolute Gasteiger partial charge is 0.311 e. The van der Waals surface area contributed by atoms with Crippen LogP contribution < -0.4 is 26.2 Å². The van der Waals surface area contributed by atoms with Crippen molar-refractivity contribution in [2.45, 2.75) is 19.3 Å². The van der Waals surface area contributed by atoms with Crippen molar-refractivity contribution in [2.24, 2.45) is 0 Å². The highest BCUT2D eigenvalue weighted by Gasteiger charge is 2.43. The number of anilines is 6. The molecule has 0 atom stereocenters. The van der Waals surface area contributed by atoms with Gasteiger partial charge in [0, 0.05) is 59.7 Å². The van der Waals surface area contributed by atoms with Crippen molar-refractivity contribution in [3.63, 3.8) is 0 Å². The molecule has 3 aliphatic rings. The zero-order valence-corrected chi connectivity index (χ0v) is 34.7. The molecule has 4 heteroatoms. The fraction of sp³-hybridized carbons (Fsp3) is 0.0526. The first-order valence-corrected chi connectivity index (χ1v) is 22.1. The highest BCUT2D eigenvalue weighted by Crippen LogP contribution is 2.50. The lowest BCUT2D eigenvalue weighted by molar-refractivity contribution is 0.660. The average molecular weight is 795 g/mol. The lowest BCUT2D eigenvalue weighted by Gasteiger charge is -2.44. The van der Waals surface area contributed by atoms with E-state index in [-0.39, 0.29) is 12.1 Å². The summed E-state index contributed by atoms with van der Waals surface area (Å²) in [6.45, 7) is 4.82. The Labute approximate surface area is 360 Å². The van der Waals surface area contributed by atoms with Crippen LogP contribution in [0.15, 0.2) is 200 Å². The van der Waals surface area contributed by atoms with Gasteiger partial charge in [-0.2, -0.15) is 0 Å². The van der Waals surface area contributed by atoms with Crippen molar-refractivity contribution in [3.8, 4) is 33.4 Å². The van der Waals surface area contributed by atoms with E-state index in [4.69, 9.17) is 0 Å². The van der Waals surface area contributed by atoms with Crippen LogP contribution in [0.5, 0.6) is 0 Å². The molecule has 1 aromatic heterocycles. The molecular formula is C57H39BN2S. The molecule has 286 valence electrons. The Kier molecular flexibility index (Phi) is 7.36. The number of benzene rings is 9. The molecule has 1 aliphatic carbocycles. The molecule has 0 amide bonds. The van der Waals surface area contributed by atoms with Crippen molar-refractivity contribution in [1.82, 2.24) is 0 Å². The lowest BCUT2D eigenvalue weighted by Crippen LogP contribution is -2.61. The molecule has 0 unspecified atom stereocenters. The third-order valence-electron chi connectivity index (χ3n) is 13.7. The van der Waals surface area contributed by atoms with Crippen molar-refractivity contribution >= 4 is 88.7 Å². The molecule has 2 aliphatic heterocycles. The molecule has 0 bridgehead atoms. The van der Waals surface area contributed by atoms with Crippen LogP contribution in [-0.4, -0.2) is 6.71 Å². The van der Waals surface area contributed by atoms with Crippen molar-refractivity contribution in [1.29, 1.82) is 0 Å². The van der Waals surface area contributed by atoms with E-state index in [1.54, 1.807) is 0 Å². The summed E-state index contributed by atoms with van der Waals surface area (Å²) in [6.07, 6.45) is 0. The smallest absolute Gasteiger partial charge is 0.252 e. The maximum absolute atomic E-state index is 2.48. The Hall–Kier alpha value is -7.14. The zero-order valence-electron chi connectivity index (χ0n) is 33.9. The third-order valence-corrected chi connectivity index (χ3v) is 14.9. The second kappa shape index (κ2) is 12.9. The van der Waals surface area contributed by atoms with Crippen LogP contribution in [0.4, 0.5) is 34.1 Å². The van der Waals surface area contributed by atoms with Gasteiger partial charge in [-0.1, -0.05) is 153 Å². The van der Waals surface area contributed by atoms with E-state index in [9.17, 15) is 0 Å². The van der Waals surface area contributed by atoms with Gasteiger partial charge < -0.3 is 9.80 Å². The maximum atomic E-state index is 2.48. The normalized spacial score (nSPS) is 14.1. The summed E-state index contributed by atoms with van der Waals surface area (Å²) in [4.78, 5) is 4.97. The Morgan fingerprint density at radius 1 is 0.410 bits per heavy atom.